The van der Waals surface area contributed by atoms with E-state index in [1.54, 1.807) is 30.2 Å². The van der Waals surface area contributed by atoms with Crippen molar-refractivity contribution < 1.29 is 13.9 Å². The molecule has 0 saturated heterocycles. The standard InChI is InChI=1S/C27H22ClNO4/c1-16-3-12-22-21(15-16)25(30)23-24(18-6-8-19(28)9-7-18)29(27(31)26(23)33-22)14-13-17-4-10-20(32-2)11-5-17/h3-12,15,24H,13-14H2,1-2H3/t24-/m1/s1. The summed E-state index contributed by atoms with van der Waals surface area (Å²) < 4.78 is 11.2. The Bertz CT molecular complexity index is 1410. The summed E-state index contributed by atoms with van der Waals surface area (Å²) >= 11 is 6.11. The fourth-order valence-corrected chi connectivity index (χ4v) is 4.52. The smallest absolute Gasteiger partial charge is 0.290 e. The first-order valence-corrected chi connectivity index (χ1v) is 11.1. The Morgan fingerprint density at radius 1 is 1.00 bits per heavy atom. The van der Waals surface area contributed by atoms with Crippen LogP contribution in [-0.4, -0.2) is 24.5 Å². The molecule has 166 valence electrons. The van der Waals surface area contributed by atoms with Gasteiger partial charge in [0.1, 0.15) is 11.3 Å². The number of carbonyl (C=O) groups is 1. The maximum Gasteiger partial charge on any atom is 0.290 e. The topological polar surface area (TPSA) is 59.8 Å². The molecule has 1 aliphatic rings. The van der Waals surface area contributed by atoms with Crippen molar-refractivity contribution in [1.29, 1.82) is 0 Å². The second-order valence-electron chi connectivity index (χ2n) is 8.22. The van der Waals surface area contributed by atoms with Gasteiger partial charge in [-0.15, -0.1) is 0 Å². The molecule has 4 aromatic rings. The maximum atomic E-state index is 13.6. The van der Waals surface area contributed by atoms with E-state index >= 15 is 0 Å². The molecular weight excluding hydrogens is 438 g/mol. The third kappa shape index (κ3) is 3.79. The number of rotatable bonds is 5. The van der Waals surface area contributed by atoms with E-state index in [0.717, 1.165) is 22.4 Å². The van der Waals surface area contributed by atoms with E-state index in [0.29, 0.717) is 34.5 Å². The van der Waals surface area contributed by atoms with E-state index in [9.17, 15) is 9.59 Å². The van der Waals surface area contributed by atoms with Crippen LogP contribution in [0, 0.1) is 6.92 Å². The first-order chi connectivity index (χ1) is 16.0. The van der Waals surface area contributed by atoms with Crippen molar-refractivity contribution in [2.75, 3.05) is 13.7 Å². The minimum Gasteiger partial charge on any atom is -0.497 e. The Hall–Kier alpha value is -3.57. The van der Waals surface area contributed by atoms with E-state index in [4.69, 9.17) is 20.8 Å². The summed E-state index contributed by atoms with van der Waals surface area (Å²) in [5, 5.41) is 1.08. The number of halogens is 1. The van der Waals surface area contributed by atoms with Gasteiger partial charge in [-0.1, -0.05) is 47.5 Å². The molecule has 0 unspecified atom stereocenters. The van der Waals surface area contributed by atoms with E-state index in [2.05, 4.69) is 0 Å². The molecule has 1 aliphatic heterocycles. The van der Waals surface area contributed by atoms with Crippen molar-refractivity contribution in [3.8, 4) is 5.75 Å². The van der Waals surface area contributed by atoms with Gasteiger partial charge in [0.25, 0.3) is 5.91 Å². The summed E-state index contributed by atoms with van der Waals surface area (Å²) in [6, 6.07) is 19.9. The number of amides is 1. The van der Waals surface area contributed by atoms with E-state index in [1.807, 2.05) is 55.5 Å². The van der Waals surface area contributed by atoms with Crippen LogP contribution in [0.15, 0.2) is 75.9 Å². The van der Waals surface area contributed by atoms with Gasteiger partial charge in [0.15, 0.2) is 5.43 Å². The molecule has 0 fully saturated rings. The first-order valence-electron chi connectivity index (χ1n) is 10.7. The van der Waals surface area contributed by atoms with Gasteiger partial charge in [-0.05, 0) is 60.9 Å². The highest BCUT2D eigenvalue weighted by Gasteiger charge is 2.42. The lowest BCUT2D eigenvalue weighted by atomic mass is 9.98. The molecule has 1 amide bonds. The molecule has 0 radical (unpaired) electrons. The molecule has 6 heteroatoms. The molecule has 0 spiro atoms. The van der Waals surface area contributed by atoms with E-state index < -0.39 is 6.04 Å². The Labute approximate surface area is 196 Å². The lowest BCUT2D eigenvalue weighted by Gasteiger charge is -2.25. The number of ether oxygens (including phenoxy) is 1. The number of aryl methyl sites for hydroxylation is 1. The van der Waals surface area contributed by atoms with Gasteiger partial charge in [-0.3, -0.25) is 9.59 Å². The molecule has 2 heterocycles. The van der Waals surface area contributed by atoms with Crippen molar-refractivity contribution in [3.63, 3.8) is 0 Å². The highest BCUT2D eigenvalue weighted by Crippen LogP contribution is 2.38. The second kappa shape index (κ2) is 8.41. The largest absolute Gasteiger partial charge is 0.497 e. The molecule has 1 aromatic heterocycles. The van der Waals surface area contributed by atoms with Crippen molar-refractivity contribution in [1.82, 2.24) is 4.90 Å². The van der Waals surface area contributed by atoms with E-state index in [1.165, 1.54) is 0 Å². The number of nitrogens with zero attached hydrogens (tertiary/aromatic N) is 1. The Kier molecular flexibility index (Phi) is 5.43. The number of hydrogen-bond acceptors (Lipinski definition) is 4. The Balaban J connectivity index is 1.60. The maximum absolute atomic E-state index is 13.6. The number of methoxy groups -OCH3 is 1. The van der Waals surface area contributed by atoms with Crippen LogP contribution < -0.4 is 10.2 Å². The van der Waals surface area contributed by atoms with Gasteiger partial charge in [0.05, 0.1) is 24.1 Å². The SMILES string of the molecule is COc1ccc(CCN2C(=O)c3oc4ccc(C)cc4c(=O)c3[C@H]2c2ccc(Cl)cc2)cc1. The quantitative estimate of drug-likeness (QED) is 0.392. The van der Waals surface area contributed by atoms with Crippen LogP contribution in [-0.2, 0) is 6.42 Å². The van der Waals surface area contributed by atoms with Gasteiger partial charge >= 0.3 is 0 Å². The van der Waals surface area contributed by atoms with E-state index in [-0.39, 0.29) is 17.1 Å². The number of carbonyl (C=O) groups excluding carboxylic acids is 1. The lowest BCUT2D eigenvalue weighted by Crippen LogP contribution is -2.31. The highest BCUT2D eigenvalue weighted by molar-refractivity contribution is 6.30. The molecule has 0 aliphatic carbocycles. The van der Waals surface area contributed by atoms with Crippen molar-refractivity contribution in [2.24, 2.45) is 0 Å². The van der Waals surface area contributed by atoms with Crippen molar-refractivity contribution in [3.05, 3.63) is 110 Å². The fourth-order valence-electron chi connectivity index (χ4n) is 4.40. The zero-order chi connectivity index (χ0) is 23.1. The van der Waals surface area contributed by atoms with Gasteiger partial charge in [0, 0.05) is 11.6 Å². The van der Waals surface area contributed by atoms with Crippen molar-refractivity contribution >= 4 is 28.5 Å². The fraction of sp³-hybridized carbons (Fsp3) is 0.185. The highest BCUT2D eigenvalue weighted by atomic mass is 35.5. The van der Waals surface area contributed by atoms with Gasteiger partial charge in [-0.25, -0.2) is 0 Å². The van der Waals surface area contributed by atoms with Crippen LogP contribution in [0.4, 0.5) is 0 Å². The van der Waals surface area contributed by atoms with Crippen LogP contribution in [0.1, 0.15) is 38.9 Å². The molecule has 33 heavy (non-hydrogen) atoms. The summed E-state index contributed by atoms with van der Waals surface area (Å²) in [6.45, 7) is 2.35. The van der Waals surface area contributed by atoms with Crippen LogP contribution >= 0.6 is 11.6 Å². The Morgan fingerprint density at radius 2 is 1.73 bits per heavy atom. The summed E-state index contributed by atoms with van der Waals surface area (Å²) in [6.07, 6.45) is 0.626. The molecule has 5 rings (SSSR count). The third-order valence-corrected chi connectivity index (χ3v) is 6.36. The lowest BCUT2D eigenvalue weighted by molar-refractivity contribution is 0.0730. The second-order valence-corrected chi connectivity index (χ2v) is 8.66. The van der Waals surface area contributed by atoms with Gasteiger partial charge in [0.2, 0.25) is 5.76 Å². The summed E-state index contributed by atoms with van der Waals surface area (Å²) in [7, 11) is 1.63. The molecule has 3 aromatic carbocycles. The number of benzene rings is 3. The third-order valence-electron chi connectivity index (χ3n) is 6.11. The minimum atomic E-state index is -0.538. The minimum absolute atomic E-state index is 0.117. The van der Waals surface area contributed by atoms with Crippen LogP contribution in [0.5, 0.6) is 5.75 Å². The number of fused-ring (bicyclic) bond motifs is 2. The summed E-state index contributed by atoms with van der Waals surface area (Å²) in [5.74, 6) is 0.614. The van der Waals surface area contributed by atoms with Gasteiger partial charge < -0.3 is 14.1 Å². The molecule has 0 bridgehead atoms. The number of hydrogen-bond donors (Lipinski definition) is 0. The predicted octanol–water partition coefficient (Wildman–Crippen LogP) is 5.55. The molecule has 1 atom stereocenters. The normalized spacial score (nSPS) is 15.2. The van der Waals surface area contributed by atoms with Gasteiger partial charge in [-0.2, -0.15) is 0 Å². The average molecular weight is 460 g/mol. The van der Waals surface area contributed by atoms with Crippen LogP contribution in [0.3, 0.4) is 0 Å². The van der Waals surface area contributed by atoms with Crippen LogP contribution in [0.25, 0.3) is 11.0 Å². The predicted molar refractivity (Wildman–Crippen MR) is 128 cm³/mol. The molecule has 0 N–H and O–H groups in total. The monoisotopic (exact) mass is 459 g/mol. The van der Waals surface area contributed by atoms with Crippen molar-refractivity contribution in [2.45, 2.75) is 19.4 Å². The zero-order valence-electron chi connectivity index (χ0n) is 18.3. The summed E-state index contributed by atoms with van der Waals surface area (Å²) in [5.41, 5.74) is 3.48. The molecule has 5 nitrogen and oxygen atoms in total. The summed E-state index contributed by atoms with van der Waals surface area (Å²) in [4.78, 5) is 28.8. The van der Waals surface area contributed by atoms with Crippen LogP contribution in [0.2, 0.25) is 5.02 Å². The Morgan fingerprint density at radius 3 is 2.42 bits per heavy atom. The first kappa shape index (κ1) is 21.3. The molecular formula is C27H22ClNO4. The molecule has 0 saturated carbocycles. The average Bonchev–Trinajstić information content (AvgIpc) is 3.11. The zero-order valence-corrected chi connectivity index (χ0v) is 19.1.